The third-order valence-electron chi connectivity index (χ3n) is 3.00. The van der Waals surface area contributed by atoms with E-state index in [9.17, 15) is 8.42 Å². The smallest absolute Gasteiger partial charge is 0.175 e. The fourth-order valence-electron chi connectivity index (χ4n) is 2.12. The van der Waals surface area contributed by atoms with Crippen LogP contribution in [0.3, 0.4) is 0 Å². The second-order valence-electron chi connectivity index (χ2n) is 4.62. The lowest BCUT2D eigenvalue weighted by molar-refractivity contribution is 0.208. The molecule has 19 heavy (non-hydrogen) atoms. The van der Waals surface area contributed by atoms with Crippen LogP contribution in [0.4, 0.5) is 0 Å². The predicted molar refractivity (Wildman–Crippen MR) is 78.3 cm³/mol. The van der Waals surface area contributed by atoms with E-state index in [4.69, 9.17) is 9.60 Å². The summed E-state index contributed by atoms with van der Waals surface area (Å²) in [4.78, 5) is 0.830. The van der Waals surface area contributed by atoms with Gasteiger partial charge in [0.2, 0.25) is 0 Å². The number of nitrogens with zero attached hydrogens (tertiary/aromatic N) is 1. The number of sulfone groups is 1. The van der Waals surface area contributed by atoms with Crippen molar-refractivity contribution >= 4 is 9.84 Å². The van der Waals surface area contributed by atoms with E-state index >= 15 is 0 Å². The molecule has 0 amide bonds. The van der Waals surface area contributed by atoms with Gasteiger partial charge in [-0.1, -0.05) is 19.0 Å². The maximum atomic E-state index is 12.0. The number of hydrogen-bond donors (Lipinski definition) is 0. The van der Waals surface area contributed by atoms with Crippen molar-refractivity contribution in [3.8, 4) is 0 Å². The van der Waals surface area contributed by atoms with E-state index in [1.165, 1.54) is 4.90 Å². The van der Waals surface area contributed by atoms with Gasteiger partial charge in [0.25, 0.3) is 0 Å². The first-order chi connectivity index (χ1) is 11.8. The van der Waals surface area contributed by atoms with Gasteiger partial charge >= 0.3 is 0 Å². The number of rotatable bonds is 4. The first kappa shape index (κ1) is 7.79. The lowest BCUT2D eigenvalue weighted by Gasteiger charge is -2.32. The molecule has 1 fully saturated rings. The summed E-state index contributed by atoms with van der Waals surface area (Å²) >= 11 is 0. The maximum Gasteiger partial charge on any atom is 0.175 e. The van der Waals surface area contributed by atoms with Crippen molar-refractivity contribution in [1.29, 1.82) is 0 Å². The van der Waals surface area contributed by atoms with Crippen molar-refractivity contribution in [2.75, 3.05) is 25.8 Å². The molecule has 1 heterocycles. The average molecular weight is 288 g/mol. The molecular weight excluding hydrogens is 258 g/mol. The fraction of sp³-hybridized carbons (Fsp3) is 0.600. The molecule has 0 radical (unpaired) electrons. The van der Waals surface area contributed by atoms with Crippen LogP contribution >= 0.6 is 0 Å². The minimum Gasteiger partial charge on any atom is -0.303 e. The lowest BCUT2D eigenvalue weighted by Crippen LogP contribution is -2.34. The standard InChI is InChI=1S/C15H23NO2S/c1-3-9-16-10-5-7-14(12-16)13-6-4-8-15(11-13)19(2,17)18/h4,6,8,11,14H,3,5,7,9-10,12H2,1-2H3/t14-/m1/s1/i4D,6D,8D,9D2,11D,14D. The van der Waals surface area contributed by atoms with Gasteiger partial charge in [-0.05, 0) is 55.8 Å². The SMILES string of the molecule is [2H]c1c([2H])c([C@]2([2H])CCCN(C([2H])([2H])CC)C2)c([2H])c(S(C)(=O)=O)c1[2H]. The minimum absolute atomic E-state index is 0.106. The summed E-state index contributed by atoms with van der Waals surface area (Å²) in [6.07, 6.45) is 1.71. The molecule has 0 bridgehead atoms. The van der Waals surface area contributed by atoms with Crippen LogP contribution in [-0.2, 0) is 9.84 Å². The van der Waals surface area contributed by atoms with Gasteiger partial charge < -0.3 is 4.90 Å². The Balaban J connectivity index is 2.69. The van der Waals surface area contributed by atoms with Gasteiger partial charge in [0.1, 0.15) is 0 Å². The molecule has 0 saturated carbocycles. The largest absolute Gasteiger partial charge is 0.303 e. The Morgan fingerprint density at radius 3 is 3.05 bits per heavy atom. The normalized spacial score (nSPS) is 31.4. The van der Waals surface area contributed by atoms with Gasteiger partial charge in [-0.25, -0.2) is 8.42 Å². The molecule has 3 nitrogen and oxygen atoms in total. The third kappa shape index (κ3) is 3.80. The van der Waals surface area contributed by atoms with E-state index < -0.39 is 51.3 Å². The van der Waals surface area contributed by atoms with Gasteiger partial charge in [0, 0.05) is 16.9 Å². The van der Waals surface area contributed by atoms with Crippen LogP contribution in [-0.4, -0.2) is 39.2 Å². The Morgan fingerprint density at radius 2 is 2.37 bits per heavy atom. The Morgan fingerprint density at radius 1 is 1.58 bits per heavy atom. The highest BCUT2D eigenvalue weighted by Crippen LogP contribution is 2.28. The van der Waals surface area contributed by atoms with Crippen LogP contribution in [0.2, 0.25) is 0 Å². The predicted octanol–water partition coefficient (Wildman–Crippen LogP) is 2.68. The van der Waals surface area contributed by atoms with Crippen LogP contribution in [0, 0.1) is 0 Å². The van der Waals surface area contributed by atoms with Crippen LogP contribution in [0.5, 0.6) is 0 Å². The molecule has 1 aliphatic heterocycles. The molecule has 4 heteroatoms. The second-order valence-corrected chi connectivity index (χ2v) is 6.57. The molecule has 1 atom stereocenters. The van der Waals surface area contributed by atoms with E-state index in [0.717, 1.165) is 6.26 Å². The molecule has 0 N–H and O–H groups in total. The molecular formula is C15H23NO2S. The van der Waals surface area contributed by atoms with Crippen LogP contribution in [0.25, 0.3) is 0 Å². The molecule has 106 valence electrons. The number of piperidine rings is 1. The monoisotopic (exact) mass is 288 g/mol. The highest BCUT2D eigenvalue weighted by atomic mass is 32.2. The van der Waals surface area contributed by atoms with Crippen molar-refractivity contribution < 1.29 is 18.0 Å². The molecule has 1 saturated heterocycles. The van der Waals surface area contributed by atoms with Gasteiger partial charge in [-0.3, -0.25) is 0 Å². The van der Waals surface area contributed by atoms with Crippen molar-refractivity contribution in [3.05, 3.63) is 29.7 Å². The van der Waals surface area contributed by atoms with Crippen LogP contribution in [0.15, 0.2) is 29.1 Å². The number of hydrogen-bond acceptors (Lipinski definition) is 3. The van der Waals surface area contributed by atoms with Crippen molar-refractivity contribution in [3.63, 3.8) is 0 Å². The Labute approximate surface area is 126 Å². The zero-order chi connectivity index (χ0) is 20.1. The second kappa shape index (κ2) is 6.06. The summed E-state index contributed by atoms with van der Waals surface area (Å²) < 4.78 is 81.2. The summed E-state index contributed by atoms with van der Waals surface area (Å²) in [7, 11) is -3.99. The van der Waals surface area contributed by atoms with E-state index in [1.54, 1.807) is 6.92 Å². The van der Waals surface area contributed by atoms with Crippen LogP contribution < -0.4 is 0 Å². The van der Waals surface area contributed by atoms with Gasteiger partial charge in [-0.15, -0.1) is 0 Å². The van der Waals surface area contributed by atoms with Gasteiger partial charge in [-0.2, -0.15) is 0 Å². The highest BCUT2D eigenvalue weighted by Gasteiger charge is 2.21. The zero-order valence-corrected chi connectivity index (χ0v) is 12.0. The van der Waals surface area contributed by atoms with Gasteiger partial charge in [0.05, 0.1) is 10.4 Å². The Bertz CT molecular complexity index is 828. The van der Waals surface area contributed by atoms with E-state index in [2.05, 4.69) is 0 Å². The van der Waals surface area contributed by atoms with E-state index in [1.807, 2.05) is 0 Å². The summed E-state index contributed by atoms with van der Waals surface area (Å²) in [6, 6.07) is -2.42. The first-order valence-electron chi connectivity index (χ1n) is 9.82. The number of benzene rings is 1. The summed E-state index contributed by atoms with van der Waals surface area (Å²) in [5.41, 5.74) is -0.212. The molecule has 0 unspecified atom stereocenters. The first-order valence-corrected chi connectivity index (χ1v) is 8.21. The minimum atomic E-state index is -3.99. The fourth-order valence-corrected chi connectivity index (χ4v) is 2.65. The average Bonchev–Trinajstić information content (AvgIpc) is 2.51. The number of likely N-dealkylation sites (tertiary alicyclic amines) is 1. The maximum absolute atomic E-state index is 12.0. The Kier molecular flexibility index (Phi) is 2.48. The summed E-state index contributed by atoms with van der Waals surface area (Å²) in [5, 5.41) is 0. The van der Waals surface area contributed by atoms with Gasteiger partial charge in [0.15, 0.2) is 9.84 Å². The van der Waals surface area contributed by atoms with Crippen molar-refractivity contribution in [2.24, 2.45) is 0 Å². The molecule has 1 aliphatic rings. The van der Waals surface area contributed by atoms with E-state index in [0.29, 0.717) is 13.0 Å². The van der Waals surface area contributed by atoms with Crippen LogP contribution in [0.1, 0.15) is 47.2 Å². The molecule has 1 aromatic rings. The van der Waals surface area contributed by atoms with Crippen molar-refractivity contribution in [2.45, 2.75) is 37.0 Å². The molecule has 0 spiro atoms. The molecule has 1 aromatic carbocycles. The third-order valence-corrected chi connectivity index (χ3v) is 3.94. The molecule has 0 aliphatic carbocycles. The topological polar surface area (TPSA) is 37.4 Å². The zero-order valence-electron chi connectivity index (χ0n) is 18.2. The summed E-state index contributed by atoms with van der Waals surface area (Å²) in [5.74, 6) is -1.59. The highest BCUT2D eigenvalue weighted by molar-refractivity contribution is 7.90. The quantitative estimate of drug-likeness (QED) is 0.855. The molecule has 2 rings (SSSR count). The lowest BCUT2D eigenvalue weighted by atomic mass is 9.90. The Hall–Kier alpha value is -0.870. The van der Waals surface area contributed by atoms with E-state index in [-0.39, 0.29) is 24.9 Å². The van der Waals surface area contributed by atoms with Crippen molar-refractivity contribution in [1.82, 2.24) is 4.90 Å². The molecule has 0 aromatic heterocycles. The summed E-state index contributed by atoms with van der Waals surface area (Å²) in [6.45, 7) is 0.345.